The molecule has 1 aliphatic heterocycles. The van der Waals surface area contributed by atoms with Gasteiger partial charge in [0.05, 0.1) is 17.0 Å². The number of hydrogen-bond acceptors (Lipinski definition) is 4. The molecule has 2 fully saturated rings. The van der Waals surface area contributed by atoms with Crippen LogP contribution in [0.5, 0.6) is 0 Å². The number of alkyl halides is 1. The molecular weight excluding hydrogens is 307 g/mol. The number of carbonyl (C=O) groups is 1. The lowest BCUT2D eigenvalue weighted by atomic mass is 9.62. The summed E-state index contributed by atoms with van der Waals surface area (Å²) in [5.74, 6) is 0.117. The quantitative estimate of drug-likeness (QED) is 0.868. The number of aromatic nitrogens is 1. The molecule has 21 heavy (non-hydrogen) atoms. The van der Waals surface area contributed by atoms with E-state index in [0.717, 1.165) is 28.7 Å². The van der Waals surface area contributed by atoms with Gasteiger partial charge >= 0.3 is 0 Å². The van der Waals surface area contributed by atoms with Crippen molar-refractivity contribution in [3.05, 3.63) is 28.6 Å². The SMILES string of the molecule is O=C(Cc1csc(-c2cccs2)n1)N1CC2(CC(F)C2)C1. The van der Waals surface area contributed by atoms with Crippen LogP contribution in [0, 0.1) is 5.41 Å². The molecule has 1 spiro atoms. The van der Waals surface area contributed by atoms with Crippen molar-refractivity contribution in [2.45, 2.75) is 25.4 Å². The Balaban J connectivity index is 1.35. The molecule has 2 aromatic rings. The van der Waals surface area contributed by atoms with Gasteiger partial charge in [0, 0.05) is 23.9 Å². The molecule has 4 rings (SSSR count). The van der Waals surface area contributed by atoms with Gasteiger partial charge in [0.25, 0.3) is 0 Å². The molecule has 0 N–H and O–H groups in total. The van der Waals surface area contributed by atoms with Crippen LogP contribution in [0.15, 0.2) is 22.9 Å². The minimum absolute atomic E-state index is 0.110. The van der Waals surface area contributed by atoms with Crippen molar-refractivity contribution < 1.29 is 9.18 Å². The maximum atomic E-state index is 12.9. The Morgan fingerprint density at radius 2 is 2.24 bits per heavy atom. The largest absolute Gasteiger partial charge is 0.341 e. The Kier molecular flexibility index (Phi) is 3.11. The second kappa shape index (κ2) is 4.88. The average Bonchev–Trinajstić information content (AvgIpc) is 3.01. The van der Waals surface area contributed by atoms with Crippen LogP contribution in [0.25, 0.3) is 9.88 Å². The van der Waals surface area contributed by atoms with Gasteiger partial charge in [-0.2, -0.15) is 0 Å². The van der Waals surface area contributed by atoms with Crippen molar-refractivity contribution in [3.63, 3.8) is 0 Å². The third kappa shape index (κ3) is 2.40. The maximum absolute atomic E-state index is 12.9. The number of thiophene rings is 1. The highest BCUT2D eigenvalue weighted by Crippen LogP contribution is 2.49. The highest BCUT2D eigenvalue weighted by Gasteiger charge is 2.53. The lowest BCUT2D eigenvalue weighted by Gasteiger charge is -2.57. The molecule has 1 saturated heterocycles. The summed E-state index contributed by atoms with van der Waals surface area (Å²) < 4.78 is 12.9. The van der Waals surface area contributed by atoms with Gasteiger partial charge in [-0.15, -0.1) is 22.7 Å². The molecule has 0 bridgehead atoms. The number of amides is 1. The fourth-order valence-corrected chi connectivity index (χ4v) is 4.88. The van der Waals surface area contributed by atoms with Crippen LogP contribution in [0.1, 0.15) is 18.5 Å². The van der Waals surface area contributed by atoms with E-state index >= 15 is 0 Å². The number of hydrogen-bond donors (Lipinski definition) is 0. The molecule has 1 amide bonds. The number of rotatable bonds is 3. The van der Waals surface area contributed by atoms with Crippen molar-refractivity contribution in [2.24, 2.45) is 5.41 Å². The first-order chi connectivity index (χ1) is 10.1. The van der Waals surface area contributed by atoms with E-state index in [2.05, 4.69) is 4.98 Å². The van der Waals surface area contributed by atoms with E-state index in [-0.39, 0.29) is 11.3 Å². The predicted octanol–water partition coefficient (Wildman–Crippen LogP) is 3.37. The molecule has 0 aromatic carbocycles. The summed E-state index contributed by atoms with van der Waals surface area (Å²) in [6, 6.07) is 4.04. The highest BCUT2D eigenvalue weighted by molar-refractivity contribution is 7.20. The van der Waals surface area contributed by atoms with Gasteiger partial charge < -0.3 is 4.90 Å². The first-order valence-corrected chi connectivity index (χ1v) is 8.80. The Labute approximate surface area is 130 Å². The first kappa shape index (κ1) is 13.4. The van der Waals surface area contributed by atoms with Crippen LogP contribution in [0.3, 0.4) is 0 Å². The summed E-state index contributed by atoms with van der Waals surface area (Å²) in [4.78, 5) is 19.7. The number of likely N-dealkylation sites (tertiary alicyclic amines) is 1. The molecule has 2 aromatic heterocycles. The third-order valence-electron chi connectivity index (χ3n) is 4.33. The Hall–Kier alpha value is -1.27. The van der Waals surface area contributed by atoms with Gasteiger partial charge in [-0.1, -0.05) is 6.07 Å². The van der Waals surface area contributed by atoms with Crippen molar-refractivity contribution in [2.75, 3.05) is 13.1 Å². The zero-order valence-corrected chi connectivity index (χ0v) is 13.1. The van der Waals surface area contributed by atoms with E-state index in [1.807, 2.05) is 27.8 Å². The Morgan fingerprint density at radius 1 is 1.43 bits per heavy atom. The van der Waals surface area contributed by atoms with E-state index < -0.39 is 6.17 Å². The molecule has 0 atom stereocenters. The number of halogens is 1. The molecule has 0 radical (unpaired) electrons. The summed E-state index contributed by atoms with van der Waals surface area (Å²) in [6.45, 7) is 1.46. The molecule has 6 heteroatoms. The van der Waals surface area contributed by atoms with Gasteiger partial charge in [-0.25, -0.2) is 9.37 Å². The van der Waals surface area contributed by atoms with E-state index in [1.54, 1.807) is 22.7 Å². The van der Waals surface area contributed by atoms with E-state index in [4.69, 9.17) is 0 Å². The van der Waals surface area contributed by atoms with E-state index in [9.17, 15) is 9.18 Å². The standard InChI is InChI=1S/C15H15FN2OS2/c16-10-5-15(6-10)8-18(9-15)13(19)4-11-7-21-14(17-11)12-2-1-3-20-12/h1-3,7,10H,4-6,8-9H2. The molecular formula is C15H15FN2OS2. The Morgan fingerprint density at radius 3 is 2.90 bits per heavy atom. The topological polar surface area (TPSA) is 33.2 Å². The zero-order valence-electron chi connectivity index (χ0n) is 11.4. The lowest BCUT2D eigenvalue weighted by Crippen LogP contribution is -2.64. The monoisotopic (exact) mass is 322 g/mol. The fourth-order valence-electron chi connectivity index (χ4n) is 3.25. The average molecular weight is 322 g/mol. The van der Waals surface area contributed by atoms with Crippen LogP contribution in [-0.4, -0.2) is 35.1 Å². The van der Waals surface area contributed by atoms with Gasteiger partial charge in [0.2, 0.25) is 5.91 Å². The summed E-state index contributed by atoms with van der Waals surface area (Å²) in [5, 5.41) is 4.97. The van der Waals surface area contributed by atoms with E-state index in [1.165, 1.54) is 0 Å². The van der Waals surface area contributed by atoms with Crippen molar-refractivity contribution in [3.8, 4) is 9.88 Å². The van der Waals surface area contributed by atoms with Crippen molar-refractivity contribution >= 4 is 28.6 Å². The van der Waals surface area contributed by atoms with Crippen LogP contribution in [0.2, 0.25) is 0 Å². The van der Waals surface area contributed by atoms with E-state index in [0.29, 0.717) is 19.3 Å². The van der Waals surface area contributed by atoms with Gasteiger partial charge in [-0.05, 0) is 24.3 Å². The van der Waals surface area contributed by atoms with Gasteiger partial charge in [0.15, 0.2) is 0 Å². The maximum Gasteiger partial charge on any atom is 0.228 e. The van der Waals surface area contributed by atoms with Gasteiger partial charge in [-0.3, -0.25) is 4.79 Å². The molecule has 3 nitrogen and oxygen atoms in total. The number of nitrogens with zero attached hydrogens (tertiary/aromatic N) is 2. The predicted molar refractivity (Wildman–Crippen MR) is 82.3 cm³/mol. The minimum atomic E-state index is -0.644. The highest BCUT2D eigenvalue weighted by atomic mass is 32.1. The molecule has 1 saturated carbocycles. The molecule has 1 aliphatic carbocycles. The van der Waals surface area contributed by atoms with Crippen LogP contribution in [-0.2, 0) is 11.2 Å². The second-order valence-electron chi connectivity index (χ2n) is 6.05. The summed E-state index contributed by atoms with van der Waals surface area (Å²) >= 11 is 3.24. The van der Waals surface area contributed by atoms with Crippen molar-refractivity contribution in [1.82, 2.24) is 9.88 Å². The van der Waals surface area contributed by atoms with Crippen LogP contribution >= 0.6 is 22.7 Å². The first-order valence-electron chi connectivity index (χ1n) is 7.04. The second-order valence-corrected chi connectivity index (χ2v) is 7.86. The van der Waals surface area contributed by atoms with Crippen LogP contribution < -0.4 is 0 Å². The van der Waals surface area contributed by atoms with Crippen molar-refractivity contribution in [1.29, 1.82) is 0 Å². The smallest absolute Gasteiger partial charge is 0.228 e. The third-order valence-corrected chi connectivity index (χ3v) is 6.26. The molecule has 0 unspecified atom stereocenters. The summed E-state index contributed by atoms with van der Waals surface area (Å²) in [7, 11) is 0. The molecule has 3 heterocycles. The van der Waals surface area contributed by atoms with Crippen LogP contribution in [0.4, 0.5) is 4.39 Å². The lowest BCUT2D eigenvalue weighted by molar-refractivity contribution is -0.155. The number of thiazole rings is 1. The number of carbonyl (C=O) groups excluding carboxylic acids is 1. The zero-order chi connectivity index (χ0) is 14.4. The fraction of sp³-hybridized carbons (Fsp3) is 0.467. The summed E-state index contributed by atoms with van der Waals surface area (Å²) in [5.41, 5.74) is 0.950. The minimum Gasteiger partial charge on any atom is -0.341 e. The normalized spacial score (nSPS) is 20.3. The summed E-state index contributed by atoms with van der Waals surface area (Å²) in [6.07, 6.45) is 0.984. The Bertz CT molecular complexity index is 653. The molecule has 2 aliphatic rings. The van der Waals surface area contributed by atoms with Gasteiger partial charge in [0.1, 0.15) is 11.2 Å². The molecule has 110 valence electrons.